The molecule has 42 heavy (non-hydrogen) atoms. The minimum atomic E-state index is -0.969. The van der Waals surface area contributed by atoms with Gasteiger partial charge in [-0.2, -0.15) is 0 Å². The van der Waals surface area contributed by atoms with Crippen LogP contribution in [0.3, 0.4) is 0 Å². The van der Waals surface area contributed by atoms with Crippen LogP contribution in [0.15, 0.2) is 77.0 Å². The highest BCUT2D eigenvalue weighted by atomic mass is 79.9. The number of nitrogens with zero attached hydrogens (tertiary/aromatic N) is 2. The molecule has 0 bridgehead atoms. The van der Waals surface area contributed by atoms with E-state index in [1.54, 1.807) is 51.1 Å². The fourth-order valence-corrected chi connectivity index (χ4v) is 5.50. The molecule has 2 aliphatic rings. The third-order valence-electron chi connectivity index (χ3n) is 6.65. The Morgan fingerprint density at radius 2 is 1.79 bits per heavy atom. The van der Waals surface area contributed by atoms with Crippen molar-refractivity contribution in [3.8, 4) is 0 Å². The number of ether oxygens (including phenoxy) is 1. The number of nitrogens with one attached hydrogen (secondary N) is 3. The van der Waals surface area contributed by atoms with Crippen molar-refractivity contribution < 1.29 is 23.5 Å². The molecule has 5 rings (SSSR count). The zero-order valence-corrected chi connectivity index (χ0v) is 25.3. The number of esters is 1. The molecule has 0 saturated heterocycles. The number of carbonyl (C=O) groups is 3. The monoisotopic (exact) mass is 655 g/mol. The van der Waals surface area contributed by atoms with E-state index in [1.807, 2.05) is 18.2 Å². The van der Waals surface area contributed by atoms with Gasteiger partial charge in [0.1, 0.15) is 17.3 Å². The molecule has 9 nitrogen and oxygen atoms in total. The third kappa shape index (κ3) is 6.13. The highest BCUT2D eigenvalue weighted by Gasteiger charge is 2.39. The second-order valence-corrected chi connectivity index (χ2v) is 12.0. The minimum absolute atomic E-state index is 0.0587. The lowest BCUT2D eigenvalue weighted by Gasteiger charge is -2.36. The summed E-state index contributed by atoms with van der Waals surface area (Å²) in [7, 11) is 0. The number of amides is 2. The van der Waals surface area contributed by atoms with Crippen LogP contribution in [0.25, 0.3) is 0 Å². The summed E-state index contributed by atoms with van der Waals surface area (Å²) in [5.41, 5.74) is 7.53. The van der Waals surface area contributed by atoms with Gasteiger partial charge in [-0.05, 0) is 80.8 Å². The van der Waals surface area contributed by atoms with Gasteiger partial charge in [0.25, 0.3) is 11.8 Å². The lowest BCUT2D eigenvalue weighted by atomic mass is 9.91. The van der Waals surface area contributed by atoms with Crippen molar-refractivity contribution in [2.24, 2.45) is 0 Å². The van der Waals surface area contributed by atoms with Crippen LogP contribution in [0.5, 0.6) is 0 Å². The van der Waals surface area contributed by atoms with Gasteiger partial charge in [-0.1, -0.05) is 45.7 Å². The molecule has 0 saturated carbocycles. The second-order valence-electron chi connectivity index (χ2n) is 10.7. The summed E-state index contributed by atoms with van der Waals surface area (Å²) in [5.74, 6) is -2.01. The molecule has 3 aromatic carbocycles. The van der Waals surface area contributed by atoms with E-state index in [2.05, 4.69) is 32.2 Å². The van der Waals surface area contributed by atoms with Crippen LogP contribution >= 0.6 is 27.5 Å². The molecule has 0 aliphatic carbocycles. The number of hydrazine groups is 2. The van der Waals surface area contributed by atoms with Crippen molar-refractivity contribution in [3.63, 3.8) is 0 Å². The van der Waals surface area contributed by atoms with Crippen LogP contribution in [0.1, 0.15) is 48.3 Å². The van der Waals surface area contributed by atoms with Crippen molar-refractivity contribution in [3.05, 3.63) is 105 Å². The molecule has 2 heterocycles. The van der Waals surface area contributed by atoms with Crippen LogP contribution in [-0.4, -0.2) is 34.8 Å². The van der Waals surface area contributed by atoms with Crippen molar-refractivity contribution >= 4 is 56.7 Å². The standard InChI is InChI=1S/C30H28BrClFN5O4/c1-30(2,3)42-29(41)17-10-12-18(13-11-17)34-27(39)26-20-6-4-7-21(31)19(20)14-15-37(26)28(40)23-16-38(36-35-23)24-9-5-8-22(32)25(24)33/h4-13,16,26,35-36H,14-15H2,1-3H3,(H,34,39). The summed E-state index contributed by atoms with van der Waals surface area (Å²) >= 11 is 9.50. The van der Waals surface area contributed by atoms with Gasteiger partial charge in [0, 0.05) is 16.7 Å². The predicted octanol–water partition coefficient (Wildman–Crippen LogP) is 5.63. The SMILES string of the molecule is CC(C)(C)OC(=O)c1ccc(NC(=O)C2c3cccc(Br)c3CCN2C(=O)C2=CN(c3cccc(Cl)c3F)NN2)cc1. The number of rotatable bonds is 5. The lowest BCUT2D eigenvalue weighted by molar-refractivity contribution is -0.136. The maximum atomic E-state index is 14.6. The fourth-order valence-electron chi connectivity index (χ4n) is 4.75. The van der Waals surface area contributed by atoms with E-state index < -0.39 is 35.2 Å². The van der Waals surface area contributed by atoms with E-state index in [4.69, 9.17) is 16.3 Å². The van der Waals surface area contributed by atoms with Gasteiger partial charge in [-0.15, -0.1) is 5.53 Å². The molecule has 1 atom stereocenters. The van der Waals surface area contributed by atoms with Gasteiger partial charge in [-0.3, -0.25) is 20.0 Å². The van der Waals surface area contributed by atoms with Crippen LogP contribution in [0.4, 0.5) is 15.8 Å². The maximum Gasteiger partial charge on any atom is 0.338 e. The van der Waals surface area contributed by atoms with Crippen LogP contribution < -0.4 is 21.3 Å². The van der Waals surface area contributed by atoms with Crippen molar-refractivity contribution in [1.82, 2.24) is 15.9 Å². The Kier molecular flexibility index (Phi) is 8.27. The first-order valence-corrected chi connectivity index (χ1v) is 14.3. The number of hydrogen-bond donors (Lipinski definition) is 3. The number of fused-ring (bicyclic) bond motifs is 1. The Bertz CT molecular complexity index is 1590. The smallest absolute Gasteiger partial charge is 0.338 e. The van der Waals surface area contributed by atoms with Gasteiger partial charge in [0.2, 0.25) is 0 Å². The molecule has 218 valence electrons. The molecule has 3 N–H and O–H groups in total. The molecule has 1 unspecified atom stereocenters. The van der Waals surface area contributed by atoms with Gasteiger partial charge >= 0.3 is 5.97 Å². The average molecular weight is 657 g/mol. The van der Waals surface area contributed by atoms with E-state index in [-0.39, 0.29) is 23.0 Å². The first-order valence-electron chi connectivity index (χ1n) is 13.1. The summed E-state index contributed by atoms with van der Waals surface area (Å²) in [6.07, 6.45) is 1.93. The van der Waals surface area contributed by atoms with E-state index >= 15 is 0 Å². The summed E-state index contributed by atoms with van der Waals surface area (Å²) in [6, 6.07) is 15.4. The highest BCUT2D eigenvalue weighted by molar-refractivity contribution is 9.10. The van der Waals surface area contributed by atoms with Gasteiger partial charge in [0.05, 0.1) is 22.5 Å². The Balaban J connectivity index is 1.40. The molecule has 0 radical (unpaired) electrons. The molecule has 0 fully saturated rings. The first kappa shape index (κ1) is 29.6. The summed E-state index contributed by atoms with van der Waals surface area (Å²) < 4.78 is 20.9. The largest absolute Gasteiger partial charge is 0.456 e. The first-order chi connectivity index (χ1) is 19.9. The normalized spacial score (nSPS) is 16.3. The quantitative estimate of drug-likeness (QED) is 0.306. The van der Waals surface area contributed by atoms with E-state index in [9.17, 15) is 18.8 Å². The molecule has 0 spiro atoms. The topological polar surface area (TPSA) is 103 Å². The fraction of sp³-hybridized carbons (Fsp3) is 0.233. The summed E-state index contributed by atoms with van der Waals surface area (Å²) in [5, 5.41) is 4.13. The zero-order valence-electron chi connectivity index (χ0n) is 23.0. The number of benzene rings is 3. The average Bonchev–Trinajstić information content (AvgIpc) is 3.43. The summed E-state index contributed by atoms with van der Waals surface area (Å²) in [6.45, 7) is 5.61. The number of carbonyl (C=O) groups excluding carboxylic acids is 3. The zero-order chi connectivity index (χ0) is 30.2. The van der Waals surface area contributed by atoms with E-state index in [1.165, 1.54) is 28.2 Å². The van der Waals surface area contributed by atoms with Crippen LogP contribution in [0, 0.1) is 5.82 Å². The molecule has 3 aromatic rings. The number of anilines is 2. The number of hydrogen-bond acceptors (Lipinski definition) is 7. The minimum Gasteiger partial charge on any atom is -0.456 e. The Hall–Kier alpha value is -3.93. The van der Waals surface area contributed by atoms with Crippen molar-refractivity contribution in [2.75, 3.05) is 16.9 Å². The van der Waals surface area contributed by atoms with Gasteiger partial charge in [0.15, 0.2) is 5.82 Å². The van der Waals surface area contributed by atoms with Crippen molar-refractivity contribution in [1.29, 1.82) is 0 Å². The molecule has 2 aliphatic heterocycles. The Labute approximate surface area is 255 Å². The number of halogens is 3. The summed E-state index contributed by atoms with van der Waals surface area (Å²) in [4.78, 5) is 41.5. The lowest BCUT2D eigenvalue weighted by Crippen LogP contribution is -2.48. The van der Waals surface area contributed by atoms with E-state index in [0.29, 0.717) is 23.2 Å². The molecular formula is C30H28BrClFN5O4. The third-order valence-corrected chi connectivity index (χ3v) is 7.69. The van der Waals surface area contributed by atoms with E-state index in [0.717, 1.165) is 10.0 Å². The van der Waals surface area contributed by atoms with Crippen LogP contribution in [-0.2, 0) is 20.7 Å². The molecule has 0 aromatic heterocycles. The van der Waals surface area contributed by atoms with Gasteiger partial charge in [-0.25, -0.2) is 9.18 Å². The Morgan fingerprint density at radius 3 is 2.50 bits per heavy atom. The predicted molar refractivity (Wildman–Crippen MR) is 161 cm³/mol. The van der Waals surface area contributed by atoms with Crippen LogP contribution in [0.2, 0.25) is 5.02 Å². The molecule has 12 heteroatoms. The van der Waals surface area contributed by atoms with Crippen molar-refractivity contribution in [2.45, 2.75) is 38.8 Å². The second kappa shape index (κ2) is 11.7. The maximum absolute atomic E-state index is 14.6. The Morgan fingerprint density at radius 1 is 1.07 bits per heavy atom. The molecule has 2 amide bonds. The highest BCUT2D eigenvalue weighted by Crippen LogP contribution is 2.36. The van der Waals surface area contributed by atoms with Gasteiger partial charge < -0.3 is 15.0 Å². The molecular weight excluding hydrogens is 629 g/mol.